The van der Waals surface area contributed by atoms with E-state index in [0.717, 1.165) is 0 Å². The summed E-state index contributed by atoms with van der Waals surface area (Å²) < 4.78 is 1.76. The fourth-order valence-electron chi connectivity index (χ4n) is 1.40. The third-order valence-electron chi connectivity index (χ3n) is 2.53. The summed E-state index contributed by atoms with van der Waals surface area (Å²) in [6.07, 6.45) is 3.38. The second-order valence-corrected chi connectivity index (χ2v) is 4.17. The quantitative estimate of drug-likeness (QED) is 0.818. The van der Waals surface area contributed by atoms with E-state index in [1.807, 2.05) is 13.8 Å². The summed E-state index contributed by atoms with van der Waals surface area (Å²) in [5.41, 5.74) is 0.542. The average molecular weight is 234 g/mol. The highest BCUT2D eigenvalue weighted by Gasteiger charge is 2.10. The van der Waals surface area contributed by atoms with Crippen molar-refractivity contribution >= 4 is 0 Å². The number of nitrogens with zero attached hydrogens (tertiary/aromatic N) is 3. The zero-order valence-electron chi connectivity index (χ0n) is 9.93. The van der Waals surface area contributed by atoms with Crippen LogP contribution in [-0.4, -0.2) is 24.9 Å². The minimum absolute atomic E-state index is 0.213. The van der Waals surface area contributed by atoms with Crippen molar-refractivity contribution in [1.29, 1.82) is 0 Å². The molecule has 90 valence electrons. The monoisotopic (exact) mass is 234 g/mol. The summed E-state index contributed by atoms with van der Waals surface area (Å²) in [6, 6.07) is 0.231. The van der Waals surface area contributed by atoms with Crippen LogP contribution in [0.4, 0.5) is 0 Å². The van der Waals surface area contributed by atoms with Gasteiger partial charge < -0.3 is 10.1 Å². The van der Waals surface area contributed by atoms with Crippen molar-refractivity contribution < 1.29 is 5.11 Å². The van der Waals surface area contributed by atoms with Crippen LogP contribution in [0.15, 0.2) is 17.2 Å². The molecule has 2 heterocycles. The number of hydrogen-bond acceptors (Lipinski definition) is 4. The van der Waals surface area contributed by atoms with Gasteiger partial charge in [0.2, 0.25) is 5.88 Å². The third kappa shape index (κ3) is 2.06. The highest BCUT2D eigenvalue weighted by Crippen LogP contribution is 2.17. The van der Waals surface area contributed by atoms with E-state index < -0.39 is 0 Å². The van der Waals surface area contributed by atoms with Gasteiger partial charge in [-0.3, -0.25) is 9.48 Å². The second-order valence-electron chi connectivity index (χ2n) is 4.17. The maximum Gasteiger partial charge on any atom is 0.257 e. The Morgan fingerprint density at radius 2 is 2.18 bits per heavy atom. The molecule has 0 bridgehead atoms. The molecular weight excluding hydrogens is 220 g/mol. The maximum absolute atomic E-state index is 11.5. The summed E-state index contributed by atoms with van der Waals surface area (Å²) in [4.78, 5) is 18.0. The van der Waals surface area contributed by atoms with E-state index in [1.165, 1.54) is 6.92 Å². The lowest BCUT2D eigenvalue weighted by atomic mass is 10.3. The van der Waals surface area contributed by atoms with Crippen LogP contribution in [-0.2, 0) is 0 Å². The van der Waals surface area contributed by atoms with Gasteiger partial charge in [0, 0.05) is 12.2 Å². The lowest BCUT2D eigenvalue weighted by Crippen LogP contribution is -2.11. The summed E-state index contributed by atoms with van der Waals surface area (Å²) in [5.74, 6) is 0.0750. The zero-order chi connectivity index (χ0) is 12.6. The van der Waals surface area contributed by atoms with Crippen LogP contribution in [0, 0.1) is 6.92 Å². The molecule has 2 aromatic heterocycles. The molecule has 17 heavy (non-hydrogen) atoms. The first-order valence-corrected chi connectivity index (χ1v) is 5.33. The van der Waals surface area contributed by atoms with Crippen molar-refractivity contribution in [3.8, 4) is 17.3 Å². The molecule has 0 aromatic carbocycles. The molecule has 0 radical (unpaired) electrons. The largest absolute Gasteiger partial charge is 0.493 e. The first-order chi connectivity index (χ1) is 7.99. The molecule has 0 aliphatic carbocycles. The molecule has 2 rings (SSSR count). The van der Waals surface area contributed by atoms with E-state index in [0.29, 0.717) is 11.4 Å². The first-order valence-electron chi connectivity index (χ1n) is 5.33. The zero-order valence-corrected chi connectivity index (χ0v) is 9.93. The van der Waals surface area contributed by atoms with Gasteiger partial charge in [-0.05, 0) is 20.8 Å². The van der Waals surface area contributed by atoms with Crippen LogP contribution in [0.3, 0.4) is 0 Å². The minimum Gasteiger partial charge on any atom is -0.493 e. The molecule has 0 amide bonds. The van der Waals surface area contributed by atoms with Crippen molar-refractivity contribution in [3.63, 3.8) is 0 Å². The van der Waals surface area contributed by atoms with Crippen LogP contribution < -0.4 is 5.56 Å². The molecule has 0 saturated carbocycles. The molecule has 2 N–H and O–H groups in total. The Kier molecular flexibility index (Phi) is 2.71. The fourth-order valence-corrected chi connectivity index (χ4v) is 1.40. The van der Waals surface area contributed by atoms with Gasteiger partial charge in [-0.1, -0.05) is 0 Å². The van der Waals surface area contributed by atoms with Crippen molar-refractivity contribution in [2.45, 2.75) is 26.8 Å². The molecule has 0 fully saturated rings. The van der Waals surface area contributed by atoms with Gasteiger partial charge in [0.1, 0.15) is 5.82 Å². The van der Waals surface area contributed by atoms with Gasteiger partial charge >= 0.3 is 0 Å². The summed E-state index contributed by atoms with van der Waals surface area (Å²) in [5, 5.41) is 13.6. The number of aromatic amines is 1. The summed E-state index contributed by atoms with van der Waals surface area (Å²) in [6.45, 7) is 5.52. The number of rotatable bonds is 2. The van der Waals surface area contributed by atoms with Gasteiger partial charge in [-0.15, -0.1) is 0 Å². The number of H-pyrrole nitrogens is 1. The van der Waals surface area contributed by atoms with Crippen molar-refractivity contribution in [2.24, 2.45) is 0 Å². The van der Waals surface area contributed by atoms with Crippen LogP contribution >= 0.6 is 0 Å². The van der Waals surface area contributed by atoms with E-state index in [9.17, 15) is 9.90 Å². The molecular formula is C11H14N4O2. The Labute approximate surface area is 98.0 Å². The Hall–Kier alpha value is -2.11. The van der Waals surface area contributed by atoms with Crippen LogP contribution in [0.25, 0.3) is 11.4 Å². The third-order valence-corrected chi connectivity index (χ3v) is 2.53. The van der Waals surface area contributed by atoms with Gasteiger partial charge in [0.15, 0.2) is 0 Å². The van der Waals surface area contributed by atoms with E-state index in [2.05, 4.69) is 15.1 Å². The van der Waals surface area contributed by atoms with Crippen LogP contribution in [0.2, 0.25) is 0 Å². The summed E-state index contributed by atoms with van der Waals surface area (Å²) in [7, 11) is 0. The minimum atomic E-state index is -0.343. The molecule has 0 atom stereocenters. The summed E-state index contributed by atoms with van der Waals surface area (Å²) >= 11 is 0. The Bertz CT molecular complexity index is 598. The van der Waals surface area contributed by atoms with Crippen molar-refractivity contribution in [3.05, 3.63) is 28.3 Å². The molecule has 0 saturated heterocycles. The molecule has 0 unspecified atom stereocenters. The van der Waals surface area contributed by atoms with Crippen molar-refractivity contribution in [2.75, 3.05) is 0 Å². The number of aromatic nitrogens is 4. The standard InChI is InChI=1S/C11H14N4O2/c1-6(2)15-5-8(4-12-15)9-13-10(16)7(3)11(17)14-9/h4-6H,1-3H3,(H2,13,14,16,17). The maximum atomic E-state index is 11.5. The van der Waals surface area contributed by atoms with Gasteiger partial charge in [0.25, 0.3) is 5.56 Å². The van der Waals surface area contributed by atoms with Gasteiger partial charge in [-0.2, -0.15) is 10.1 Å². The van der Waals surface area contributed by atoms with E-state index in [1.54, 1.807) is 17.1 Å². The number of aromatic hydroxyl groups is 1. The lowest BCUT2D eigenvalue weighted by Gasteiger charge is -2.03. The topological polar surface area (TPSA) is 83.8 Å². The number of hydrogen-bond donors (Lipinski definition) is 2. The lowest BCUT2D eigenvalue weighted by molar-refractivity contribution is 0.447. The highest BCUT2D eigenvalue weighted by molar-refractivity contribution is 5.53. The predicted octanol–water partition coefficient (Wildman–Crippen LogP) is 1.23. The van der Waals surface area contributed by atoms with Gasteiger partial charge in [-0.25, -0.2) is 0 Å². The normalized spacial score (nSPS) is 11.1. The Morgan fingerprint density at radius 1 is 1.47 bits per heavy atom. The molecule has 0 aliphatic rings. The SMILES string of the molecule is Cc1c(O)nc(-c2cnn(C(C)C)c2)[nH]c1=O. The Balaban J connectivity index is 2.49. The Morgan fingerprint density at radius 3 is 2.71 bits per heavy atom. The first kappa shape index (κ1) is 11.4. The number of nitrogens with one attached hydrogen (secondary N) is 1. The fraction of sp³-hybridized carbons (Fsp3) is 0.364. The molecule has 0 aliphatic heterocycles. The molecule has 0 spiro atoms. The smallest absolute Gasteiger partial charge is 0.257 e. The molecule has 2 aromatic rings. The van der Waals surface area contributed by atoms with E-state index in [4.69, 9.17) is 0 Å². The van der Waals surface area contributed by atoms with Crippen LogP contribution in [0.1, 0.15) is 25.5 Å². The average Bonchev–Trinajstić information content (AvgIpc) is 2.74. The predicted molar refractivity (Wildman–Crippen MR) is 62.9 cm³/mol. The second kappa shape index (κ2) is 4.04. The molecule has 6 nitrogen and oxygen atoms in total. The van der Waals surface area contributed by atoms with Gasteiger partial charge in [0.05, 0.1) is 17.3 Å². The van der Waals surface area contributed by atoms with E-state index >= 15 is 0 Å². The molecule has 6 heteroatoms. The highest BCUT2D eigenvalue weighted by atomic mass is 16.3. The van der Waals surface area contributed by atoms with Crippen LogP contribution in [0.5, 0.6) is 5.88 Å². The van der Waals surface area contributed by atoms with E-state index in [-0.39, 0.29) is 23.0 Å². The van der Waals surface area contributed by atoms with Crippen molar-refractivity contribution in [1.82, 2.24) is 19.7 Å².